The molecule has 0 saturated carbocycles. The molecule has 1 aromatic rings. The Hall–Kier alpha value is -0.920. The minimum Gasteiger partial charge on any atom is -0.468 e. The van der Waals surface area contributed by atoms with E-state index < -0.39 is 0 Å². The van der Waals surface area contributed by atoms with Crippen LogP contribution in [0.4, 0.5) is 0 Å². The van der Waals surface area contributed by atoms with Crippen molar-refractivity contribution in [2.24, 2.45) is 0 Å². The quantitative estimate of drug-likeness (QED) is 0.740. The maximum Gasteiger partial charge on any atom is 0.319 e. The number of thiophene rings is 1. The molecule has 18 heavy (non-hydrogen) atoms. The van der Waals surface area contributed by atoms with E-state index in [9.17, 15) is 9.59 Å². The maximum absolute atomic E-state index is 11.3. The van der Waals surface area contributed by atoms with Crippen LogP contribution < -0.4 is 0 Å². The third-order valence-corrected chi connectivity index (χ3v) is 4.13. The van der Waals surface area contributed by atoms with Crippen LogP contribution in [0.3, 0.4) is 0 Å². The van der Waals surface area contributed by atoms with Crippen molar-refractivity contribution in [1.82, 2.24) is 4.90 Å². The van der Waals surface area contributed by atoms with E-state index in [1.165, 1.54) is 14.2 Å². The van der Waals surface area contributed by atoms with Gasteiger partial charge in [0.2, 0.25) is 0 Å². The highest BCUT2D eigenvalue weighted by atomic mass is 79.9. The van der Waals surface area contributed by atoms with E-state index in [4.69, 9.17) is 0 Å². The molecule has 0 amide bonds. The van der Waals surface area contributed by atoms with Crippen molar-refractivity contribution in [2.75, 3.05) is 27.3 Å². The molecule has 1 rings (SSSR count). The van der Waals surface area contributed by atoms with Gasteiger partial charge in [-0.3, -0.25) is 14.5 Å². The molecule has 100 valence electrons. The van der Waals surface area contributed by atoms with Gasteiger partial charge in [0, 0.05) is 15.9 Å². The second-order valence-corrected chi connectivity index (χ2v) is 5.34. The van der Waals surface area contributed by atoms with Crippen LogP contribution in [0.25, 0.3) is 0 Å². The van der Waals surface area contributed by atoms with E-state index in [1.807, 2.05) is 11.4 Å². The molecular formula is C11H14BrNO4S. The second-order valence-electron chi connectivity index (χ2n) is 3.49. The van der Waals surface area contributed by atoms with Gasteiger partial charge in [-0.25, -0.2) is 0 Å². The summed E-state index contributed by atoms with van der Waals surface area (Å²) in [6.07, 6.45) is 0. The van der Waals surface area contributed by atoms with Crippen molar-refractivity contribution in [3.63, 3.8) is 0 Å². The molecule has 0 aromatic carbocycles. The molecule has 1 aromatic heterocycles. The summed E-state index contributed by atoms with van der Waals surface area (Å²) in [5, 5.41) is 1.94. The Morgan fingerprint density at radius 2 is 1.83 bits per heavy atom. The third-order valence-electron chi connectivity index (χ3n) is 2.22. The second kappa shape index (κ2) is 7.50. The Kier molecular flexibility index (Phi) is 6.31. The minimum atomic E-state index is -0.383. The summed E-state index contributed by atoms with van der Waals surface area (Å²) in [6, 6.07) is 1.93. The van der Waals surface area contributed by atoms with Gasteiger partial charge in [-0.15, -0.1) is 11.3 Å². The maximum atomic E-state index is 11.3. The summed E-state index contributed by atoms with van der Waals surface area (Å²) in [5.74, 6) is -0.766. The van der Waals surface area contributed by atoms with Crippen LogP contribution >= 0.6 is 27.3 Å². The zero-order valence-electron chi connectivity index (χ0n) is 10.1. The number of ether oxygens (including phenoxy) is 2. The number of esters is 2. The number of halogens is 1. The lowest BCUT2D eigenvalue weighted by Gasteiger charge is -2.19. The monoisotopic (exact) mass is 335 g/mol. The summed E-state index contributed by atoms with van der Waals surface area (Å²) in [6.45, 7) is 0.592. The van der Waals surface area contributed by atoms with Gasteiger partial charge in [0.25, 0.3) is 0 Å². The van der Waals surface area contributed by atoms with Gasteiger partial charge in [-0.2, -0.15) is 0 Å². The average Bonchev–Trinajstić information content (AvgIpc) is 2.74. The number of hydrogen-bond donors (Lipinski definition) is 0. The molecule has 0 atom stereocenters. The van der Waals surface area contributed by atoms with E-state index in [2.05, 4.69) is 25.4 Å². The molecule has 1 heterocycles. The van der Waals surface area contributed by atoms with Crippen LogP contribution in [0.5, 0.6) is 0 Å². The topological polar surface area (TPSA) is 55.8 Å². The number of methoxy groups -OCH3 is 2. The van der Waals surface area contributed by atoms with Crippen LogP contribution in [0.15, 0.2) is 15.9 Å². The fourth-order valence-electron chi connectivity index (χ4n) is 1.30. The zero-order valence-corrected chi connectivity index (χ0v) is 12.5. The third kappa shape index (κ3) is 4.75. The first-order valence-corrected chi connectivity index (χ1v) is 6.82. The van der Waals surface area contributed by atoms with Crippen molar-refractivity contribution >= 4 is 39.2 Å². The van der Waals surface area contributed by atoms with Crippen LogP contribution in [0, 0.1) is 0 Å². The van der Waals surface area contributed by atoms with Crippen LogP contribution in [-0.2, 0) is 25.6 Å². The fourth-order valence-corrected chi connectivity index (χ4v) is 2.82. The molecule has 5 nitrogen and oxygen atoms in total. The SMILES string of the molecule is COC(=O)CN(CC(=O)OC)Cc1sccc1Br. The Bertz CT molecular complexity index is 403. The Morgan fingerprint density at radius 1 is 1.28 bits per heavy atom. The summed E-state index contributed by atoms with van der Waals surface area (Å²) in [7, 11) is 2.64. The standard InChI is InChI=1S/C11H14BrNO4S/c1-16-10(14)6-13(7-11(15)17-2)5-9-8(12)3-4-18-9/h3-4H,5-7H2,1-2H3. The van der Waals surface area contributed by atoms with Crippen molar-refractivity contribution in [3.8, 4) is 0 Å². The first kappa shape index (κ1) is 15.1. The normalized spacial score (nSPS) is 10.4. The highest BCUT2D eigenvalue weighted by molar-refractivity contribution is 9.10. The number of carbonyl (C=O) groups excluding carboxylic acids is 2. The van der Waals surface area contributed by atoms with Crippen LogP contribution in [-0.4, -0.2) is 44.1 Å². The van der Waals surface area contributed by atoms with Crippen molar-refractivity contribution in [3.05, 3.63) is 20.8 Å². The molecule has 0 aliphatic carbocycles. The number of carbonyl (C=O) groups is 2. The first-order valence-electron chi connectivity index (χ1n) is 5.14. The van der Waals surface area contributed by atoms with Gasteiger partial charge in [0.1, 0.15) is 0 Å². The molecule has 0 N–H and O–H groups in total. The van der Waals surface area contributed by atoms with Gasteiger partial charge in [0.15, 0.2) is 0 Å². The van der Waals surface area contributed by atoms with Gasteiger partial charge < -0.3 is 9.47 Å². The van der Waals surface area contributed by atoms with E-state index in [-0.39, 0.29) is 25.0 Å². The molecule has 0 saturated heterocycles. The molecule has 0 radical (unpaired) electrons. The molecule has 7 heteroatoms. The minimum absolute atomic E-state index is 0.0515. The van der Waals surface area contributed by atoms with Crippen molar-refractivity contribution < 1.29 is 19.1 Å². The number of rotatable bonds is 6. The molecule has 0 aliphatic rings. The van der Waals surface area contributed by atoms with Gasteiger partial charge in [0.05, 0.1) is 27.3 Å². The molecule has 0 unspecified atom stereocenters. The number of nitrogens with zero attached hydrogens (tertiary/aromatic N) is 1. The molecule has 0 spiro atoms. The summed E-state index contributed by atoms with van der Waals surface area (Å²) in [4.78, 5) is 25.3. The summed E-state index contributed by atoms with van der Waals surface area (Å²) < 4.78 is 10.2. The van der Waals surface area contributed by atoms with Gasteiger partial charge in [-0.05, 0) is 27.4 Å². The largest absolute Gasteiger partial charge is 0.468 e. The summed E-state index contributed by atoms with van der Waals surface area (Å²) in [5.41, 5.74) is 0. The van der Waals surface area contributed by atoms with Crippen LogP contribution in [0.1, 0.15) is 4.88 Å². The van der Waals surface area contributed by atoms with Crippen molar-refractivity contribution in [2.45, 2.75) is 6.54 Å². The predicted octanol–water partition coefficient (Wildman–Crippen LogP) is 1.66. The van der Waals surface area contributed by atoms with E-state index in [1.54, 1.807) is 16.2 Å². The van der Waals surface area contributed by atoms with Gasteiger partial charge in [-0.1, -0.05) is 0 Å². The predicted molar refractivity (Wildman–Crippen MR) is 71.3 cm³/mol. The van der Waals surface area contributed by atoms with Crippen LogP contribution in [0.2, 0.25) is 0 Å². The number of hydrogen-bond acceptors (Lipinski definition) is 6. The summed E-state index contributed by atoms with van der Waals surface area (Å²) >= 11 is 4.97. The molecular weight excluding hydrogens is 322 g/mol. The first-order chi connectivity index (χ1) is 8.56. The van der Waals surface area contributed by atoms with E-state index in [0.29, 0.717) is 6.54 Å². The highest BCUT2D eigenvalue weighted by Gasteiger charge is 2.17. The van der Waals surface area contributed by atoms with E-state index >= 15 is 0 Å². The smallest absolute Gasteiger partial charge is 0.319 e. The lowest BCUT2D eigenvalue weighted by Crippen LogP contribution is -2.35. The molecule has 0 aliphatic heterocycles. The van der Waals surface area contributed by atoms with Crippen molar-refractivity contribution in [1.29, 1.82) is 0 Å². The Morgan fingerprint density at radius 3 is 2.22 bits per heavy atom. The zero-order chi connectivity index (χ0) is 13.5. The molecule has 0 bridgehead atoms. The lowest BCUT2D eigenvalue weighted by molar-refractivity contribution is -0.145. The van der Waals surface area contributed by atoms with Gasteiger partial charge >= 0.3 is 11.9 Å². The fraction of sp³-hybridized carbons (Fsp3) is 0.455. The lowest BCUT2D eigenvalue weighted by atomic mass is 10.4. The highest BCUT2D eigenvalue weighted by Crippen LogP contribution is 2.24. The average molecular weight is 336 g/mol. The Labute approximate surface area is 118 Å². The molecule has 0 fully saturated rings. The van der Waals surface area contributed by atoms with E-state index in [0.717, 1.165) is 9.35 Å². The Balaban J connectivity index is 2.67.